The molecule has 4 heteroatoms. The van der Waals surface area contributed by atoms with Crippen LogP contribution in [0.2, 0.25) is 0 Å². The summed E-state index contributed by atoms with van der Waals surface area (Å²) < 4.78 is 0. The van der Waals surface area contributed by atoms with E-state index in [4.69, 9.17) is 5.11 Å². The second-order valence-electron chi connectivity index (χ2n) is 4.91. The zero-order chi connectivity index (χ0) is 12.5. The van der Waals surface area contributed by atoms with Crippen LogP contribution in [0.25, 0.3) is 0 Å². The number of nitrogens with one attached hydrogen (secondary N) is 1. The molecule has 0 aromatic rings. The monoisotopic (exact) mass is 242 g/mol. The average molecular weight is 242 g/mol. The van der Waals surface area contributed by atoms with Gasteiger partial charge in [-0.15, -0.1) is 0 Å². The molecule has 0 spiro atoms. The highest BCUT2D eigenvalue weighted by Gasteiger charge is 2.17. The highest BCUT2D eigenvalue weighted by Crippen LogP contribution is 2.15. The third kappa shape index (κ3) is 6.03. The smallest absolute Gasteiger partial charge is 0.306 e. The Kier molecular flexibility index (Phi) is 7.21. The molecule has 2 N–H and O–H groups in total. The Bertz CT molecular complexity index is 215. The van der Waals surface area contributed by atoms with Crippen molar-refractivity contribution in [3.05, 3.63) is 0 Å². The summed E-state index contributed by atoms with van der Waals surface area (Å²) in [5.74, 6) is -0.739. The van der Waals surface area contributed by atoms with Crippen molar-refractivity contribution in [3.8, 4) is 0 Å². The van der Waals surface area contributed by atoms with E-state index in [0.717, 1.165) is 64.8 Å². The first-order chi connectivity index (χ1) is 8.24. The van der Waals surface area contributed by atoms with Gasteiger partial charge >= 0.3 is 5.97 Å². The van der Waals surface area contributed by atoms with E-state index >= 15 is 0 Å². The van der Waals surface area contributed by atoms with Gasteiger partial charge in [-0.25, -0.2) is 0 Å². The number of carboxylic acid groups (broad SMARTS) is 1. The van der Waals surface area contributed by atoms with Crippen molar-refractivity contribution in [3.63, 3.8) is 0 Å². The molecule has 0 radical (unpaired) electrons. The number of carboxylic acids is 1. The maximum atomic E-state index is 11.1. The van der Waals surface area contributed by atoms with E-state index < -0.39 is 5.97 Å². The molecule has 0 bridgehead atoms. The van der Waals surface area contributed by atoms with Crippen LogP contribution in [0, 0.1) is 5.92 Å². The van der Waals surface area contributed by atoms with Crippen LogP contribution in [0.3, 0.4) is 0 Å². The third-order valence-electron chi connectivity index (χ3n) is 3.49. The molecule has 0 amide bonds. The lowest BCUT2D eigenvalue weighted by Gasteiger charge is -2.27. The van der Waals surface area contributed by atoms with Gasteiger partial charge in [0.1, 0.15) is 0 Å². The van der Waals surface area contributed by atoms with Gasteiger partial charge in [0, 0.05) is 26.2 Å². The fourth-order valence-corrected chi connectivity index (χ4v) is 2.34. The van der Waals surface area contributed by atoms with E-state index in [-0.39, 0.29) is 5.92 Å². The first kappa shape index (κ1) is 14.5. The lowest BCUT2D eigenvalue weighted by molar-refractivity contribution is -0.142. The van der Waals surface area contributed by atoms with Crippen molar-refractivity contribution >= 4 is 5.97 Å². The van der Waals surface area contributed by atoms with Gasteiger partial charge in [-0.2, -0.15) is 0 Å². The SMILES string of the molecule is CCCCC(CCCN1CCNCC1)C(=O)O. The summed E-state index contributed by atoms with van der Waals surface area (Å²) in [4.78, 5) is 13.5. The van der Waals surface area contributed by atoms with Crippen LogP contribution < -0.4 is 5.32 Å². The first-order valence-electron chi connectivity index (χ1n) is 6.90. The summed E-state index contributed by atoms with van der Waals surface area (Å²) in [6.07, 6.45) is 4.81. The number of piperazine rings is 1. The summed E-state index contributed by atoms with van der Waals surface area (Å²) >= 11 is 0. The predicted molar refractivity (Wildman–Crippen MR) is 69.2 cm³/mol. The molecule has 100 valence electrons. The van der Waals surface area contributed by atoms with Crippen LogP contribution in [0.5, 0.6) is 0 Å². The van der Waals surface area contributed by atoms with E-state index in [9.17, 15) is 4.79 Å². The van der Waals surface area contributed by atoms with Gasteiger partial charge in [-0.05, 0) is 25.8 Å². The van der Waals surface area contributed by atoms with Crippen LogP contribution in [0.1, 0.15) is 39.0 Å². The highest BCUT2D eigenvalue weighted by atomic mass is 16.4. The van der Waals surface area contributed by atoms with Crippen LogP contribution in [0.4, 0.5) is 0 Å². The molecule has 1 aliphatic heterocycles. The maximum absolute atomic E-state index is 11.1. The Morgan fingerprint density at radius 1 is 1.29 bits per heavy atom. The summed E-state index contributed by atoms with van der Waals surface area (Å²) in [5, 5.41) is 12.4. The molecule has 1 rings (SSSR count). The standard InChI is InChI=1S/C13H26N2O2/c1-2-3-5-12(13(16)17)6-4-9-15-10-7-14-8-11-15/h12,14H,2-11H2,1H3,(H,16,17). The molecule has 1 unspecified atom stereocenters. The molecule has 0 saturated carbocycles. The molecular formula is C13H26N2O2. The van der Waals surface area contributed by atoms with Gasteiger partial charge in [0.2, 0.25) is 0 Å². The van der Waals surface area contributed by atoms with Crippen molar-refractivity contribution in [1.29, 1.82) is 0 Å². The fourth-order valence-electron chi connectivity index (χ4n) is 2.34. The Morgan fingerprint density at radius 3 is 2.53 bits per heavy atom. The zero-order valence-electron chi connectivity index (χ0n) is 11.0. The van der Waals surface area contributed by atoms with Crippen LogP contribution in [0.15, 0.2) is 0 Å². The van der Waals surface area contributed by atoms with Crippen LogP contribution >= 0.6 is 0 Å². The molecule has 4 nitrogen and oxygen atoms in total. The van der Waals surface area contributed by atoms with Crippen molar-refractivity contribution in [2.45, 2.75) is 39.0 Å². The largest absolute Gasteiger partial charge is 0.481 e. The second kappa shape index (κ2) is 8.48. The number of hydrogen-bond donors (Lipinski definition) is 2. The van der Waals surface area contributed by atoms with Gasteiger partial charge in [0.15, 0.2) is 0 Å². The van der Waals surface area contributed by atoms with Crippen molar-refractivity contribution in [1.82, 2.24) is 10.2 Å². The number of carbonyl (C=O) groups is 1. The van der Waals surface area contributed by atoms with Gasteiger partial charge in [-0.1, -0.05) is 19.8 Å². The molecule has 1 atom stereocenters. The third-order valence-corrected chi connectivity index (χ3v) is 3.49. The lowest BCUT2D eigenvalue weighted by atomic mass is 9.97. The Labute approximate surface area is 104 Å². The van der Waals surface area contributed by atoms with Crippen molar-refractivity contribution in [2.24, 2.45) is 5.92 Å². The number of nitrogens with zero attached hydrogens (tertiary/aromatic N) is 1. The van der Waals surface area contributed by atoms with Gasteiger partial charge in [0.05, 0.1) is 5.92 Å². The summed E-state index contributed by atoms with van der Waals surface area (Å²) in [7, 11) is 0. The van der Waals surface area contributed by atoms with E-state index in [1.165, 1.54) is 0 Å². The van der Waals surface area contributed by atoms with Crippen LogP contribution in [-0.2, 0) is 4.79 Å². The minimum absolute atomic E-state index is 0.127. The van der Waals surface area contributed by atoms with E-state index in [0.29, 0.717) is 0 Å². The Morgan fingerprint density at radius 2 is 1.94 bits per heavy atom. The molecular weight excluding hydrogens is 216 g/mol. The molecule has 0 aliphatic carbocycles. The molecule has 1 aliphatic rings. The quantitative estimate of drug-likeness (QED) is 0.678. The second-order valence-corrected chi connectivity index (χ2v) is 4.91. The fraction of sp³-hybridized carbons (Fsp3) is 0.923. The lowest BCUT2D eigenvalue weighted by Crippen LogP contribution is -2.43. The van der Waals surface area contributed by atoms with Gasteiger partial charge < -0.3 is 15.3 Å². The molecule has 0 aromatic carbocycles. The minimum Gasteiger partial charge on any atom is -0.481 e. The molecule has 0 aromatic heterocycles. The molecule has 1 saturated heterocycles. The normalized spacial score (nSPS) is 19.1. The maximum Gasteiger partial charge on any atom is 0.306 e. The topological polar surface area (TPSA) is 52.6 Å². The number of unbranched alkanes of at least 4 members (excludes halogenated alkanes) is 1. The number of rotatable bonds is 8. The van der Waals surface area contributed by atoms with Gasteiger partial charge in [0.25, 0.3) is 0 Å². The zero-order valence-corrected chi connectivity index (χ0v) is 11.0. The summed E-state index contributed by atoms with van der Waals surface area (Å²) in [6.45, 7) is 7.51. The molecule has 17 heavy (non-hydrogen) atoms. The van der Waals surface area contributed by atoms with Crippen molar-refractivity contribution < 1.29 is 9.90 Å². The number of hydrogen-bond acceptors (Lipinski definition) is 3. The first-order valence-corrected chi connectivity index (χ1v) is 6.90. The Hall–Kier alpha value is -0.610. The number of aliphatic carboxylic acids is 1. The van der Waals surface area contributed by atoms with E-state index in [1.807, 2.05) is 0 Å². The summed E-state index contributed by atoms with van der Waals surface area (Å²) in [5.41, 5.74) is 0. The van der Waals surface area contributed by atoms with E-state index in [1.54, 1.807) is 0 Å². The average Bonchev–Trinajstić information content (AvgIpc) is 2.34. The van der Waals surface area contributed by atoms with Crippen LogP contribution in [-0.4, -0.2) is 48.7 Å². The predicted octanol–water partition coefficient (Wildman–Crippen LogP) is 1.56. The van der Waals surface area contributed by atoms with E-state index in [2.05, 4.69) is 17.1 Å². The molecule has 1 heterocycles. The summed E-state index contributed by atoms with van der Waals surface area (Å²) in [6, 6.07) is 0. The highest BCUT2D eigenvalue weighted by molar-refractivity contribution is 5.69. The van der Waals surface area contributed by atoms with Gasteiger partial charge in [-0.3, -0.25) is 4.79 Å². The Balaban J connectivity index is 2.14. The molecule has 1 fully saturated rings. The minimum atomic E-state index is -0.612. The van der Waals surface area contributed by atoms with Crippen molar-refractivity contribution in [2.75, 3.05) is 32.7 Å².